The number of rotatable bonds is 4. The maximum absolute atomic E-state index is 12.3. The lowest BCUT2D eigenvalue weighted by Crippen LogP contribution is -2.41. The highest BCUT2D eigenvalue weighted by Crippen LogP contribution is 2.31. The van der Waals surface area contributed by atoms with Crippen LogP contribution in [0.2, 0.25) is 0 Å². The zero-order valence-electron chi connectivity index (χ0n) is 12.9. The summed E-state index contributed by atoms with van der Waals surface area (Å²) in [6.45, 7) is 8.07. The second-order valence-electron chi connectivity index (χ2n) is 6.45. The van der Waals surface area contributed by atoms with Crippen molar-refractivity contribution in [1.82, 2.24) is 15.5 Å². The normalized spacial score (nSPS) is 30.1. The van der Waals surface area contributed by atoms with Crippen LogP contribution in [0.3, 0.4) is 0 Å². The van der Waals surface area contributed by atoms with E-state index in [1.54, 1.807) is 0 Å². The highest BCUT2D eigenvalue weighted by atomic mass is 16.2. The molecule has 1 aromatic rings. The summed E-state index contributed by atoms with van der Waals surface area (Å²) in [5.41, 5.74) is 1.15. The van der Waals surface area contributed by atoms with Crippen molar-refractivity contribution in [3.63, 3.8) is 0 Å². The molecule has 0 aromatic heterocycles. The molecule has 1 aromatic carbocycles. The Morgan fingerprint density at radius 2 is 2.14 bits per heavy atom. The smallest absolute Gasteiger partial charge is 0.234 e. The second-order valence-corrected chi connectivity index (χ2v) is 6.45. The molecule has 3 rings (SSSR count). The third kappa shape index (κ3) is 3.11. The number of nitrogens with zero attached hydrogens (tertiary/aromatic N) is 1. The van der Waals surface area contributed by atoms with Gasteiger partial charge < -0.3 is 10.6 Å². The standard InChI is InChI=1S/C17H25N3O/c1-12(14-6-4-3-5-7-14)19-17(21)11-20-10-15-8-18-9-16(15)13(20)2/h3-7,12-13,15-16,18H,8-11H2,1-2H3,(H,19,21). The summed E-state index contributed by atoms with van der Waals surface area (Å²) < 4.78 is 0. The molecular formula is C17H25N3O. The van der Waals surface area contributed by atoms with Gasteiger partial charge >= 0.3 is 0 Å². The van der Waals surface area contributed by atoms with E-state index in [9.17, 15) is 4.79 Å². The number of likely N-dealkylation sites (tertiary alicyclic amines) is 1. The fourth-order valence-corrected chi connectivity index (χ4v) is 3.76. The van der Waals surface area contributed by atoms with Crippen molar-refractivity contribution in [2.75, 3.05) is 26.2 Å². The molecule has 2 fully saturated rings. The van der Waals surface area contributed by atoms with Gasteiger partial charge in [0.05, 0.1) is 12.6 Å². The average Bonchev–Trinajstić information content (AvgIpc) is 3.04. The number of nitrogens with one attached hydrogen (secondary N) is 2. The van der Waals surface area contributed by atoms with Crippen LogP contribution in [0.15, 0.2) is 30.3 Å². The number of amides is 1. The lowest BCUT2D eigenvalue weighted by Gasteiger charge is -2.24. The van der Waals surface area contributed by atoms with Crippen LogP contribution in [0.25, 0.3) is 0 Å². The monoisotopic (exact) mass is 287 g/mol. The number of carbonyl (C=O) groups excluding carboxylic acids is 1. The summed E-state index contributed by atoms with van der Waals surface area (Å²) in [5.74, 6) is 1.56. The first kappa shape index (κ1) is 14.5. The second kappa shape index (κ2) is 6.16. The van der Waals surface area contributed by atoms with E-state index in [1.165, 1.54) is 0 Å². The van der Waals surface area contributed by atoms with Crippen molar-refractivity contribution in [3.8, 4) is 0 Å². The first-order chi connectivity index (χ1) is 10.1. The predicted molar refractivity (Wildman–Crippen MR) is 83.9 cm³/mol. The summed E-state index contributed by atoms with van der Waals surface area (Å²) in [7, 11) is 0. The van der Waals surface area contributed by atoms with Gasteiger partial charge in [-0.05, 0) is 44.3 Å². The third-order valence-electron chi connectivity index (χ3n) is 5.08. The molecule has 114 valence electrons. The molecule has 2 N–H and O–H groups in total. The summed E-state index contributed by atoms with van der Waals surface area (Å²) in [6.07, 6.45) is 0. The van der Waals surface area contributed by atoms with Gasteiger partial charge in [0.1, 0.15) is 0 Å². The topological polar surface area (TPSA) is 44.4 Å². The van der Waals surface area contributed by atoms with E-state index >= 15 is 0 Å². The maximum Gasteiger partial charge on any atom is 0.234 e. The largest absolute Gasteiger partial charge is 0.348 e. The van der Waals surface area contributed by atoms with Gasteiger partial charge in [0.15, 0.2) is 0 Å². The Kier molecular flexibility index (Phi) is 4.27. The Morgan fingerprint density at radius 3 is 2.86 bits per heavy atom. The molecular weight excluding hydrogens is 262 g/mol. The molecule has 0 radical (unpaired) electrons. The van der Waals surface area contributed by atoms with Crippen molar-refractivity contribution in [2.45, 2.75) is 25.9 Å². The van der Waals surface area contributed by atoms with E-state index in [0.29, 0.717) is 18.5 Å². The lowest BCUT2D eigenvalue weighted by molar-refractivity contribution is -0.123. The molecule has 4 unspecified atom stereocenters. The molecule has 2 heterocycles. The van der Waals surface area contributed by atoms with Gasteiger partial charge in [-0.3, -0.25) is 9.69 Å². The van der Waals surface area contributed by atoms with Crippen LogP contribution in [-0.2, 0) is 4.79 Å². The quantitative estimate of drug-likeness (QED) is 0.880. The number of hydrogen-bond acceptors (Lipinski definition) is 3. The fourth-order valence-electron chi connectivity index (χ4n) is 3.76. The first-order valence-electron chi connectivity index (χ1n) is 7.94. The summed E-state index contributed by atoms with van der Waals surface area (Å²) >= 11 is 0. The Hall–Kier alpha value is -1.39. The van der Waals surface area contributed by atoms with Crippen molar-refractivity contribution >= 4 is 5.91 Å². The Labute approximate surface area is 126 Å². The van der Waals surface area contributed by atoms with Crippen molar-refractivity contribution in [1.29, 1.82) is 0 Å². The summed E-state index contributed by atoms with van der Waals surface area (Å²) in [4.78, 5) is 14.6. The van der Waals surface area contributed by atoms with E-state index < -0.39 is 0 Å². The zero-order chi connectivity index (χ0) is 14.8. The van der Waals surface area contributed by atoms with Gasteiger partial charge in [-0.1, -0.05) is 30.3 Å². The average molecular weight is 287 g/mol. The van der Waals surface area contributed by atoms with Gasteiger partial charge in [-0.2, -0.15) is 0 Å². The zero-order valence-corrected chi connectivity index (χ0v) is 12.9. The molecule has 4 nitrogen and oxygen atoms in total. The maximum atomic E-state index is 12.3. The predicted octanol–water partition coefficient (Wildman–Crippen LogP) is 1.40. The minimum absolute atomic E-state index is 0.0674. The minimum Gasteiger partial charge on any atom is -0.348 e. The fraction of sp³-hybridized carbons (Fsp3) is 0.588. The van der Waals surface area contributed by atoms with E-state index in [0.717, 1.165) is 31.1 Å². The third-order valence-corrected chi connectivity index (χ3v) is 5.08. The van der Waals surface area contributed by atoms with Crippen LogP contribution in [0.4, 0.5) is 0 Å². The molecule has 2 aliphatic rings. The van der Waals surface area contributed by atoms with Crippen LogP contribution < -0.4 is 10.6 Å². The van der Waals surface area contributed by atoms with Gasteiger partial charge in [0.2, 0.25) is 5.91 Å². The number of fused-ring (bicyclic) bond motifs is 1. The van der Waals surface area contributed by atoms with Gasteiger partial charge in [-0.15, -0.1) is 0 Å². The van der Waals surface area contributed by atoms with Crippen LogP contribution in [0.5, 0.6) is 0 Å². The van der Waals surface area contributed by atoms with Gasteiger partial charge in [0.25, 0.3) is 0 Å². The molecule has 0 spiro atoms. The van der Waals surface area contributed by atoms with Crippen LogP contribution >= 0.6 is 0 Å². The van der Waals surface area contributed by atoms with E-state index in [2.05, 4.69) is 34.6 Å². The van der Waals surface area contributed by atoms with E-state index in [1.807, 2.05) is 25.1 Å². The van der Waals surface area contributed by atoms with Crippen molar-refractivity contribution < 1.29 is 4.79 Å². The molecule has 4 heteroatoms. The number of carbonyl (C=O) groups is 1. The van der Waals surface area contributed by atoms with Crippen molar-refractivity contribution in [2.24, 2.45) is 11.8 Å². The van der Waals surface area contributed by atoms with Crippen LogP contribution in [-0.4, -0.2) is 43.0 Å². The van der Waals surface area contributed by atoms with Crippen molar-refractivity contribution in [3.05, 3.63) is 35.9 Å². The number of hydrogen-bond donors (Lipinski definition) is 2. The molecule has 2 saturated heterocycles. The van der Waals surface area contributed by atoms with Gasteiger partial charge in [-0.25, -0.2) is 0 Å². The molecule has 0 bridgehead atoms. The highest BCUT2D eigenvalue weighted by Gasteiger charge is 2.42. The Bertz CT molecular complexity index is 490. The van der Waals surface area contributed by atoms with E-state index in [4.69, 9.17) is 0 Å². The molecule has 0 saturated carbocycles. The van der Waals surface area contributed by atoms with Gasteiger partial charge in [0, 0.05) is 12.6 Å². The number of benzene rings is 1. The van der Waals surface area contributed by atoms with Crippen LogP contribution in [0, 0.1) is 11.8 Å². The molecule has 2 aliphatic heterocycles. The first-order valence-corrected chi connectivity index (χ1v) is 7.94. The highest BCUT2D eigenvalue weighted by molar-refractivity contribution is 5.78. The summed E-state index contributed by atoms with van der Waals surface area (Å²) in [6, 6.07) is 10.7. The molecule has 21 heavy (non-hydrogen) atoms. The summed E-state index contributed by atoms with van der Waals surface area (Å²) in [5, 5.41) is 6.57. The lowest BCUT2D eigenvalue weighted by atomic mass is 9.95. The van der Waals surface area contributed by atoms with E-state index in [-0.39, 0.29) is 11.9 Å². The van der Waals surface area contributed by atoms with Crippen LogP contribution in [0.1, 0.15) is 25.5 Å². The minimum atomic E-state index is 0.0674. The molecule has 0 aliphatic carbocycles. The SMILES string of the molecule is CC(NC(=O)CN1CC2CNCC2C1C)c1ccccc1. The Morgan fingerprint density at radius 1 is 1.38 bits per heavy atom. The Balaban J connectivity index is 1.53. The molecule has 1 amide bonds. The molecule has 4 atom stereocenters.